The molecule has 1 atom stereocenters. The molecule has 0 amide bonds. The summed E-state index contributed by atoms with van der Waals surface area (Å²) in [7, 11) is -2.79. The van der Waals surface area contributed by atoms with Gasteiger partial charge in [-0.1, -0.05) is 0 Å². The molecular weight excluding hydrogens is 377 g/mol. The molecule has 1 heterocycles. The third kappa shape index (κ3) is 6.29. The van der Waals surface area contributed by atoms with Gasteiger partial charge in [0.05, 0.1) is 11.5 Å². The van der Waals surface area contributed by atoms with Crippen LogP contribution in [0.3, 0.4) is 0 Å². The van der Waals surface area contributed by atoms with E-state index in [9.17, 15) is 8.42 Å². The van der Waals surface area contributed by atoms with Crippen LogP contribution < -0.4 is 10.6 Å². The molecule has 2 rings (SSSR count). The van der Waals surface area contributed by atoms with Crippen LogP contribution in [-0.4, -0.2) is 44.5 Å². The Labute approximate surface area is 133 Å². The molecule has 1 aliphatic carbocycles. The van der Waals surface area contributed by atoms with Crippen molar-refractivity contribution in [3.63, 3.8) is 0 Å². The minimum Gasteiger partial charge on any atom is -0.354 e. The smallest absolute Gasteiger partial charge is 0.191 e. The van der Waals surface area contributed by atoms with Gasteiger partial charge in [-0.05, 0) is 39.0 Å². The minimum atomic E-state index is -2.79. The summed E-state index contributed by atoms with van der Waals surface area (Å²) in [4.78, 5) is 4.52. The first-order valence-electron chi connectivity index (χ1n) is 6.72. The predicted octanol–water partition coefficient (Wildman–Crippen LogP) is 1.15. The van der Waals surface area contributed by atoms with Gasteiger partial charge in [-0.2, -0.15) is 0 Å². The van der Waals surface area contributed by atoms with Crippen LogP contribution in [0.4, 0.5) is 0 Å². The molecule has 0 aromatic heterocycles. The van der Waals surface area contributed by atoms with E-state index in [0.717, 1.165) is 12.4 Å². The molecule has 2 fully saturated rings. The van der Waals surface area contributed by atoms with Crippen LogP contribution in [0.15, 0.2) is 4.99 Å². The Morgan fingerprint density at radius 3 is 2.47 bits per heavy atom. The molecule has 0 radical (unpaired) electrons. The van der Waals surface area contributed by atoms with E-state index in [-0.39, 0.29) is 29.9 Å². The van der Waals surface area contributed by atoms with Crippen molar-refractivity contribution in [2.24, 2.45) is 10.9 Å². The first-order chi connectivity index (χ1) is 8.44. The van der Waals surface area contributed by atoms with Crippen molar-refractivity contribution in [1.82, 2.24) is 10.6 Å². The Hall–Kier alpha value is -0.0500. The number of sulfone groups is 1. The largest absolute Gasteiger partial charge is 0.354 e. The number of hydrogen-bond acceptors (Lipinski definition) is 3. The van der Waals surface area contributed by atoms with E-state index in [0.29, 0.717) is 30.1 Å². The lowest BCUT2D eigenvalue weighted by Gasteiger charge is -2.15. The van der Waals surface area contributed by atoms with Crippen LogP contribution in [0.5, 0.6) is 0 Å². The highest BCUT2D eigenvalue weighted by atomic mass is 127. The minimum absolute atomic E-state index is 0. The monoisotopic (exact) mass is 401 g/mol. The number of nitrogens with zero attached hydrogens (tertiary/aromatic N) is 1. The maximum Gasteiger partial charge on any atom is 0.191 e. The van der Waals surface area contributed by atoms with Crippen molar-refractivity contribution in [3.05, 3.63) is 0 Å². The third-order valence-corrected chi connectivity index (χ3v) is 5.01. The molecule has 1 saturated carbocycles. The molecule has 112 valence electrons. The van der Waals surface area contributed by atoms with Crippen molar-refractivity contribution < 1.29 is 8.42 Å². The van der Waals surface area contributed by atoms with Crippen molar-refractivity contribution >= 4 is 39.8 Å². The second kappa shape index (κ2) is 7.10. The summed E-state index contributed by atoms with van der Waals surface area (Å²) in [6.45, 7) is 4.75. The summed E-state index contributed by atoms with van der Waals surface area (Å²) in [6, 6.07) is 0.893. The van der Waals surface area contributed by atoms with E-state index in [1.165, 1.54) is 12.8 Å². The summed E-state index contributed by atoms with van der Waals surface area (Å²) >= 11 is 0. The summed E-state index contributed by atoms with van der Waals surface area (Å²) in [5.41, 5.74) is 0. The molecule has 19 heavy (non-hydrogen) atoms. The lowest BCUT2D eigenvalue weighted by molar-refractivity contribution is 0.587. The van der Waals surface area contributed by atoms with Crippen LogP contribution >= 0.6 is 24.0 Å². The van der Waals surface area contributed by atoms with Crippen molar-refractivity contribution in [1.29, 1.82) is 0 Å². The van der Waals surface area contributed by atoms with Crippen LogP contribution in [0, 0.1) is 5.92 Å². The quantitative estimate of drug-likeness (QED) is 0.421. The number of aliphatic imine (C=N–C) groups is 1. The zero-order valence-corrected chi connectivity index (χ0v) is 14.7. The maximum absolute atomic E-state index is 11.4. The van der Waals surface area contributed by atoms with Crippen LogP contribution in [-0.2, 0) is 9.84 Å². The fourth-order valence-electron chi connectivity index (χ4n) is 2.06. The predicted molar refractivity (Wildman–Crippen MR) is 88.9 cm³/mol. The van der Waals surface area contributed by atoms with Crippen molar-refractivity contribution in [3.8, 4) is 0 Å². The molecule has 2 aliphatic rings. The number of rotatable bonds is 4. The average molecular weight is 401 g/mol. The SMILES string of the molecule is CC(C)NC(=NCC1CCS(=O)(=O)C1)NC1CC1.I. The van der Waals surface area contributed by atoms with Crippen LogP contribution in [0.1, 0.15) is 33.1 Å². The van der Waals surface area contributed by atoms with Gasteiger partial charge in [0.1, 0.15) is 0 Å². The standard InChI is InChI=1S/C12H23N3O2S.HI/c1-9(2)14-12(15-11-3-4-11)13-7-10-5-6-18(16,17)8-10;/h9-11H,3-8H2,1-2H3,(H2,13,14,15);1H. The second-order valence-electron chi connectivity index (χ2n) is 5.68. The van der Waals surface area contributed by atoms with E-state index in [4.69, 9.17) is 0 Å². The van der Waals surface area contributed by atoms with Crippen molar-refractivity contribution in [2.45, 2.75) is 45.2 Å². The van der Waals surface area contributed by atoms with Gasteiger partial charge in [0, 0.05) is 18.6 Å². The molecule has 0 aromatic rings. The second-order valence-corrected chi connectivity index (χ2v) is 7.90. The van der Waals surface area contributed by atoms with E-state index in [1.807, 2.05) is 0 Å². The van der Waals surface area contributed by atoms with Gasteiger partial charge in [0.25, 0.3) is 0 Å². The molecule has 1 unspecified atom stereocenters. The van der Waals surface area contributed by atoms with E-state index >= 15 is 0 Å². The Morgan fingerprint density at radius 1 is 1.32 bits per heavy atom. The summed E-state index contributed by atoms with van der Waals surface area (Å²) in [5, 5.41) is 6.64. The Kier molecular flexibility index (Phi) is 6.35. The van der Waals surface area contributed by atoms with E-state index in [1.54, 1.807) is 0 Å². The van der Waals surface area contributed by atoms with Gasteiger partial charge < -0.3 is 10.6 Å². The first-order valence-corrected chi connectivity index (χ1v) is 8.55. The maximum atomic E-state index is 11.4. The average Bonchev–Trinajstić information content (AvgIpc) is 2.98. The van der Waals surface area contributed by atoms with Gasteiger partial charge >= 0.3 is 0 Å². The summed E-state index contributed by atoms with van der Waals surface area (Å²) in [6.07, 6.45) is 3.16. The lowest BCUT2D eigenvalue weighted by Crippen LogP contribution is -2.42. The van der Waals surface area contributed by atoms with Crippen LogP contribution in [0.25, 0.3) is 0 Å². The Morgan fingerprint density at radius 2 is 2.00 bits per heavy atom. The van der Waals surface area contributed by atoms with E-state index < -0.39 is 9.84 Å². The highest BCUT2D eigenvalue weighted by Gasteiger charge is 2.28. The van der Waals surface area contributed by atoms with Gasteiger partial charge in [0.15, 0.2) is 15.8 Å². The number of nitrogens with one attached hydrogen (secondary N) is 2. The Balaban J connectivity index is 0.00000180. The number of hydrogen-bond donors (Lipinski definition) is 2. The third-order valence-electron chi connectivity index (χ3n) is 3.18. The van der Waals surface area contributed by atoms with Crippen molar-refractivity contribution in [2.75, 3.05) is 18.1 Å². The summed E-state index contributed by atoms with van der Waals surface area (Å²) < 4.78 is 22.7. The first kappa shape index (κ1) is 17.0. The molecular formula is C12H24IN3O2S. The highest BCUT2D eigenvalue weighted by Crippen LogP contribution is 2.20. The zero-order chi connectivity index (χ0) is 13.2. The highest BCUT2D eigenvalue weighted by molar-refractivity contribution is 14.0. The molecule has 0 bridgehead atoms. The van der Waals surface area contributed by atoms with Gasteiger partial charge in [0.2, 0.25) is 0 Å². The van der Waals surface area contributed by atoms with E-state index in [2.05, 4.69) is 29.5 Å². The molecule has 1 aliphatic heterocycles. The molecule has 7 heteroatoms. The molecule has 5 nitrogen and oxygen atoms in total. The van der Waals surface area contributed by atoms with Gasteiger partial charge in [-0.25, -0.2) is 8.42 Å². The topological polar surface area (TPSA) is 70.6 Å². The fraction of sp³-hybridized carbons (Fsp3) is 0.917. The molecule has 2 N–H and O–H groups in total. The van der Waals surface area contributed by atoms with Crippen LogP contribution in [0.2, 0.25) is 0 Å². The molecule has 0 aromatic carbocycles. The number of halogens is 1. The van der Waals surface area contributed by atoms with Gasteiger partial charge in [-0.15, -0.1) is 24.0 Å². The lowest BCUT2D eigenvalue weighted by atomic mass is 10.1. The number of guanidine groups is 1. The normalized spacial score (nSPS) is 26.1. The molecule has 1 saturated heterocycles. The Bertz CT molecular complexity index is 413. The molecule has 0 spiro atoms. The zero-order valence-electron chi connectivity index (χ0n) is 11.6. The summed E-state index contributed by atoms with van der Waals surface area (Å²) in [5.74, 6) is 1.65. The fourth-order valence-corrected chi connectivity index (χ4v) is 3.91. The van der Waals surface area contributed by atoms with Gasteiger partial charge in [-0.3, -0.25) is 4.99 Å².